The molecule has 2 aromatic rings. The first kappa shape index (κ1) is 28.6. The van der Waals surface area contributed by atoms with Gasteiger partial charge in [-0.2, -0.15) is 0 Å². The molecular formula is C30H43NO6. The minimum atomic E-state index is -0.457. The van der Waals surface area contributed by atoms with E-state index in [0.717, 1.165) is 58.0 Å². The Hall–Kier alpha value is -2.93. The molecule has 0 saturated heterocycles. The summed E-state index contributed by atoms with van der Waals surface area (Å²) >= 11 is 0. The zero-order valence-electron chi connectivity index (χ0n) is 22.5. The van der Waals surface area contributed by atoms with Crippen LogP contribution in [0, 0.1) is 0 Å². The molecule has 204 valence electrons. The zero-order valence-corrected chi connectivity index (χ0v) is 22.5. The lowest BCUT2D eigenvalue weighted by Gasteiger charge is -2.25. The Morgan fingerprint density at radius 1 is 0.757 bits per heavy atom. The van der Waals surface area contributed by atoms with Gasteiger partial charge in [0.2, 0.25) is 5.91 Å². The molecule has 1 aliphatic rings. The number of para-hydroxylation sites is 4. The average Bonchev–Trinajstić information content (AvgIpc) is 2.92. The molecule has 0 bridgehead atoms. The van der Waals surface area contributed by atoms with Gasteiger partial charge in [-0.3, -0.25) is 4.79 Å². The van der Waals surface area contributed by atoms with Crippen molar-refractivity contribution in [2.24, 2.45) is 0 Å². The minimum absolute atomic E-state index is 0.00801. The Kier molecular flexibility index (Phi) is 13.0. The number of benzene rings is 2. The van der Waals surface area contributed by atoms with Gasteiger partial charge in [0.1, 0.15) is 25.9 Å². The number of unbranched alkanes of at least 4 members (excludes halogenated alkanes) is 4. The molecule has 0 fully saturated rings. The van der Waals surface area contributed by atoms with Crippen LogP contribution in [0.1, 0.15) is 58.8 Å². The third-order valence-corrected chi connectivity index (χ3v) is 6.21. The number of fused-ring (bicyclic) bond motifs is 2. The lowest BCUT2D eigenvalue weighted by atomic mass is 10.2. The van der Waals surface area contributed by atoms with Crippen LogP contribution in [-0.4, -0.2) is 63.0 Å². The fourth-order valence-electron chi connectivity index (χ4n) is 4.06. The van der Waals surface area contributed by atoms with E-state index in [1.807, 2.05) is 53.4 Å². The first-order chi connectivity index (χ1) is 18.2. The maximum absolute atomic E-state index is 13.1. The highest BCUT2D eigenvalue weighted by atomic mass is 16.6. The van der Waals surface area contributed by atoms with E-state index in [2.05, 4.69) is 13.8 Å². The number of carbonyl (C=O) groups is 1. The smallest absolute Gasteiger partial charge is 0.248 e. The Morgan fingerprint density at radius 3 is 1.68 bits per heavy atom. The summed E-state index contributed by atoms with van der Waals surface area (Å²) in [5.41, 5.74) is 0. The van der Waals surface area contributed by atoms with E-state index in [4.69, 9.17) is 23.7 Å². The van der Waals surface area contributed by atoms with Crippen LogP contribution in [0.5, 0.6) is 23.0 Å². The molecule has 7 heteroatoms. The molecule has 2 aromatic carbocycles. The van der Waals surface area contributed by atoms with Gasteiger partial charge < -0.3 is 28.6 Å². The number of hydrogen-bond acceptors (Lipinski definition) is 6. The highest BCUT2D eigenvalue weighted by Gasteiger charge is 2.20. The van der Waals surface area contributed by atoms with E-state index in [9.17, 15) is 4.79 Å². The average molecular weight is 514 g/mol. The van der Waals surface area contributed by atoms with Gasteiger partial charge in [0, 0.05) is 19.5 Å². The highest BCUT2D eigenvalue weighted by Crippen LogP contribution is 2.29. The molecule has 0 spiro atoms. The van der Waals surface area contributed by atoms with E-state index < -0.39 is 6.10 Å². The summed E-state index contributed by atoms with van der Waals surface area (Å²) in [5, 5.41) is 0. The molecular weight excluding hydrogens is 470 g/mol. The summed E-state index contributed by atoms with van der Waals surface area (Å²) < 4.78 is 30.2. The van der Waals surface area contributed by atoms with Crippen molar-refractivity contribution in [3.63, 3.8) is 0 Å². The predicted octanol–water partition coefficient (Wildman–Crippen LogP) is 5.90. The van der Waals surface area contributed by atoms with E-state index in [1.54, 1.807) is 0 Å². The van der Waals surface area contributed by atoms with Crippen molar-refractivity contribution >= 4 is 5.91 Å². The molecule has 1 amide bonds. The van der Waals surface area contributed by atoms with Gasteiger partial charge in [-0.15, -0.1) is 0 Å². The molecule has 37 heavy (non-hydrogen) atoms. The normalized spacial score (nSPS) is 14.5. The van der Waals surface area contributed by atoms with Gasteiger partial charge in [0.05, 0.1) is 13.2 Å². The minimum Gasteiger partial charge on any atom is -0.490 e. The molecule has 1 aliphatic heterocycles. The van der Waals surface area contributed by atoms with Gasteiger partial charge in [-0.1, -0.05) is 63.8 Å². The van der Waals surface area contributed by atoms with Crippen molar-refractivity contribution < 1.29 is 28.5 Å². The second-order valence-corrected chi connectivity index (χ2v) is 9.29. The van der Waals surface area contributed by atoms with Crippen LogP contribution in [0.3, 0.4) is 0 Å². The zero-order chi connectivity index (χ0) is 26.1. The Labute approximate surface area is 222 Å². The molecule has 0 radical (unpaired) electrons. The fourth-order valence-corrected chi connectivity index (χ4v) is 4.06. The van der Waals surface area contributed by atoms with Gasteiger partial charge >= 0.3 is 0 Å². The van der Waals surface area contributed by atoms with Crippen molar-refractivity contribution in [2.75, 3.05) is 46.1 Å². The van der Waals surface area contributed by atoms with E-state index in [1.165, 1.54) is 0 Å². The molecule has 7 nitrogen and oxygen atoms in total. The third kappa shape index (κ3) is 10.2. The number of carbonyl (C=O) groups excluding carboxylic acids is 1. The summed E-state index contributed by atoms with van der Waals surface area (Å²) in [6.07, 6.45) is 6.78. The SMILES string of the molecule is CCCCCN(CCCCC)C(=O)COC1COc2ccccc2OCCCOc2ccccc2OC1. The van der Waals surface area contributed by atoms with Gasteiger partial charge in [-0.05, 0) is 37.1 Å². The first-order valence-corrected chi connectivity index (χ1v) is 13.8. The lowest BCUT2D eigenvalue weighted by Crippen LogP contribution is -2.38. The standard InChI is InChI=1S/C30H43NO6/c1-3-5-11-18-31(19-12-6-4-2)30(32)24-35-25-22-36-28-16-9-7-14-26(28)33-20-13-21-34-27-15-8-10-17-29(27)37-23-25/h7-10,14-17,25H,3-6,11-13,18-24H2,1-2H3. The molecule has 0 aliphatic carbocycles. The molecule has 3 rings (SSSR count). The summed E-state index contributed by atoms with van der Waals surface area (Å²) in [6.45, 7) is 7.34. The Morgan fingerprint density at radius 2 is 1.22 bits per heavy atom. The van der Waals surface area contributed by atoms with Crippen molar-refractivity contribution in [3.8, 4) is 23.0 Å². The summed E-state index contributed by atoms with van der Waals surface area (Å²) in [5.74, 6) is 2.64. The molecule has 0 saturated carbocycles. The molecule has 0 aromatic heterocycles. The number of ether oxygens (including phenoxy) is 5. The van der Waals surface area contributed by atoms with Crippen LogP contribution in [0.4, 0.5) is 0 Å². The number of nitrogens with zero attached hydrogens (tertiary/aromatic N) is 1. The van der Waals surface area contributed by atoms with Gasteiger partial charge in [-0.25, -0.2) is 0 Å². The lowest BCUT2D eigenvalue weighted by molar-refractivity contribution is -0.139. The fraction of sp³-hybridized carbons (Fsp3) is 0.567. The van der Waals surface area contributed by atoms with Crippen molar-refractivity contribution in [3.05, 3.63) is 48.5 Å². The van der Waals surface area contributed by atoms with E-state index in [-0.39, 0.29) is 25.7 Å². The van der Waals surface area contributed by atoms with Crippen LogP contribution in [-0.2, 0) is 9.53 Å². The van der Waals surface area contributed by atoms with Crippen LogP contribution in [0.25, 0.3) is 0 Å². The van der Waals surface area contributed by atoms with E-state index in [0.29, 0.717) is 36.2 Å². The topological polar surface area (TPSA) is 66.5 Å². The highest BCUT2D eigenvalue weighted by molar-refractivity contribution is 5.77. The molecule has 0 atom stereocenters. The first-order valence-electron chi connectivity index (χ1n) is 13.8. The summed E-state index contributed by atoms with van der Waals surface area (Å²) in [6, 6.07) is 15.2. The van der Waals surface area contributed by atoms with Gasteiger partial charge in [0.15, 0.2) is 23.0 Å². The van der Waals surface area contributed by atoms with Crippen LogP contribution in [0.15, 0.2) is 48.5 Å². The van der Waals surface area contributed by atoms with Crippen LogP contribution < -0.4 is 18.9 Å². The Balaban J connectivity index is 1.68. The van der Waals surface area contributed by atoms with Crippen molar-refractivity contribution in [1.29, 1.82) is 0 Å². The second kappa shape index (κ2) is 16.7. The molecule has 1 heterocycles. The quantitative estimate of drug-likeness (QED) is 0.349. The Bertz CT molecular complexity index is 857. The second-order valence-electron chi connectivity index (χ2n) is 9.29. The maximum atomic E-state index is 13.1. The molecule has 0 unspecified atom stereocenters. The van der Waals surface area contributed by atoms with Crippen molar-refractivity contribution in [1.82, 2.24) is 4.90 Å². The third-order valence-electron chi connectivity index (χ3n) is 6.21. The molecule has 0 N–H and O–H groups in total. The summed E-state index contributed by atoms with van der Waals surface area (Å²) in [4.78, 5) is 15.1. The number of amides is 1. The van der Waals surface area contributed by atoms with Crippen molar-refractivity contribution in [2.45, 2.75) is 64.9 Å². The van der Waals surface area contributed by atoms with Crippen LogP contribution >= 0.6 is 0 Å². The number of hydrogen-bond donors (Lipinski definition) is 0. The summed E-state index contributed by atoms with van der Waals surface area (Å²) in [7, 11) is 0. The predicted molar refractivity (Wildman–Crippen MR) is 145 cm³/mol. The maximum Gasteiger partial charge on any atom is 0.248 e. The monoisotopic (exact) mass is 513 g/mol. The number of rotatable bonds is 11. The van der Waals surface area contributed by atoms with Gasteiger partial charge in [0.25, 0.3) is 0 Å². The van der Waals surface area contributed by atoms with Crippen LogP contribution in [0.2, 0.25) is 0 Å². The van der Waals surface area contributed by atoms with E-state index >= 15 is 0 Å². The largest absolute Gasteiger partial charge is 0.490 e.